The zero-order valence-electron chi connectivity index (χ0n) is 16.6. The average Bonchev–Trinajstić information content (AvgIpc) is 2.68. The number of carbonyl (C=O) groups excluding carboxylic acids is 2. The van der Waals surface area contributed by atoms with Gasteiger partial charge in [-0.3, -0.25) is 9.59 Å². The number of ketones is 1. The number of Topliss-reactive ketones (excluding diaryl/α,β-unsaturated/α-hetero) is 1. The highest BCUT2D eigenvalue weighted by Gasteiger charge is 2.11. The zero-order chi connectivity index (χ0) is 20.3. The van der Waals surface area contributed by atoms with Gasteiger partial charge in [0, 0.05) is 29.5 Å². The molecule has 3 aromatic carbocycles. The molecular formula is C24H24N2O2. The van der Waals surface area contributed by atoms with Gasteiger partial charge in [-0.15, -0.1) is 0 Å². The normalized spacial score (nSPS) is 10.4. The molecule has 4 heteroatoms. The third-order valence-electron chi connectivity index (χ3n) is 4.82. The Bertz CT molecular complexity index is 1050. The summed E-state index contributed by atoms with van der Waals surface area (Å²) in [4.78, 5) is 24.1. The van der Waals surface area contributed by atoms with E-state index >= 15 is 0 Å². The maximum Gasteiger partial charge on any atom is 0.255 e. The van der Waals surface area contributed by atoms with Crippen LogP contribution >= 0.6 is 0 Å². The number of hydrogen-bond acceptors (Lipinski definition) is 3. The van der Waals surface area contributed by atoms with Crippen LogP contribution in [0.1, 0.15) is 38.8 Å². The Morgan fingerprint density at radius 2 is 1.32 bits per heavy atom. The van der Waals surface area contributed by atoms with Gasteiger partial charge >= 0.3 is 0 Å². The minimum atomic E-state index is -0.232. The first-order chi connectivity index (χ1) is 13.4. The first kappa shape index (κ1) is 19.4. The molecular weight excluding hydrogens is 348 g/mol. The largest absolute Gasteiger partial charge is 0.388 e. The molecule has 2 N–H and O–H groups in total. The third-order valence-corrected chi connectivity index (χ3v) is 4.82. The topological polar surface area (TPSA) is 58.2 Å². The second-order valence-corrected chi connectivity index (χ2v) is 6.90. The summed E-state index contributed by atoms with van der Waals surface area (Å²) < 4.78 is 0. The molecule has 0 aliphatic heterocycles. The Balaban J connectivity index is 1.84. The molecule has 0 aliphatic rings. The van der Waals surface area contributed by atoms with Crippen molar-refractivity contribution in [2.75, 3.05) is 17.7 Å². The van der Waals surface area contributed by atoms with E-state index in [1.54, 1.807) is 24.3 Å². The van der Waals surface area contributed by atoms with Gasteiger partial charge in [0.25, 0.3) is 5.91 Å². The quantitative estimate of drug-likeness (QED) is 0.584. The standard InChI is InChI=1S/C24H24N2O2/c1-15-12-20(25-4)8-10-22(15)23-11-9-21(13-16(23)2)26-24(28)19-7-5-6-18(14-19)17(3)27/h5-14,25H,1-4H3,(H,26,28). The number of benzene rings is 3. The molecule has 1 amide bonds. The fraction of sp³-hybridized carbons (Fsp3) is 0.167. The van der Waals surface area contributed by atoms with E-state index in [9.17, 15) is 9.59 Å². The van der Waals surface area contributed by atoms with Crippen LogP contribution in [0.5, 0.6) is 0 Å². The lowest BCUT2D eigenvalue weighted by Crippen LogP contribution is -2.12. The van der Waals surface area contributed by atoms with Gasteiger partial charge in [-0.1, -0.05) is 24.3 Å². The Hall–Kier alpha value is -3.40. The molecule has 0 saturated carbocycles. The molecule has 0 aromatic heterocycles. The number of rotatable bonds is 5. The molecule has 28 heavy (non-hydrogen) atoms. The van der Waals surface area contributed by atoms with Gasteiger partial charge in [-0.25, -0.2) is 0 Å². The SMILES string of the molecule is CNc1ccc(-c2ccc(NC(=O)c3cccc(C(C)=O)c3)cc2C)c(C)c1. The van der Waals surface area contributed by atoms with Gasteiger partial charge in [0.15, 0.2) is 5.78 Å². The summed E-state index contributed by atoms with van der Waals surface area (Å²) in [6.45, 7) is 5.62. The summed E-state index contributed by atoms with van der Waals surface area (Å²) in [7, 11) is 1.91. The van der Waals surface area contributed by atoms with Crippen molar-refractivity contribution in [3.63, 3.8) is 0 Å². The molecule has 0 bridgehead atoms. The third kappa shape index (κ3) is 4.12. The highest BCUT2D eigenvalue weighted by Crippen LogP contribution is 2.30. The van der Waals surface area contributed by atoms with Crippen LogP contribution in [-0.4, -0.2) is 18.7 Å². The molecule has 0 saturated heterocycles. The molecule has 0 radical (unpaired) electrons. The summed E-state index contributed by atoms with van der Waals surface area (Å²) in [6, 6.07) is 18.9. The number of amides is 1. The molecule has 0 heterocycles. The van der Waals surface area contributed by atoms with E-state index in [0.717, 1.165) is 22.5 Å². The smallest absolute Gasteiger partial charge is 0.255 e. The molecule has 0 unspecified atom stereocenters. The maximum absolute atomic E-state index is 12.6. The fourth-order valence-corrected chi connectivity index (χ4v) is 3.25. The summed E-state index contributed by atoms with van der Waals surface area (Å²) in [5.74, 6) is -0.292. The summed E-state index contributed by atoms with van der Waals surface area (Å²) in [5, 5.41) is 6.07. The molecule has 142 valence electrons. The van der Waals surface area contributed by atoms with Crippen LogP contribution in [0.15, 0.2) is 60.7 Å². The number of aryl methyl sites for hydroxylation is 2. The molecule has 0 fully saturated rings. The first-order valence-corrected chi connectivity index (χ1v) is 9.21. The lowest BCUT2D eigenvalue weighted by Gasteiger charge is -2.13. The predicted octanol–water partition coefficient (Wildman–Crippen LogP) is 5.47. The monoisotopic (exact) mass is 372 g/mol. The van der Waals surface area contributed by atoms with Crippen LogP contribution in [-0.2, 0) is 0 Å². The van der Waals surface area contributed by atoms with E-state index in [1.807, 2.05) is 32.2 Å². The van der Waals surface area contributed by atoms with Crippen molar-refractivity contribution in [2.45, 2.75) is 20.8 Å². The molecule has 3 rings (SSSR count). The van der Waals surface area contributed by atoms with Gasteiger partial charge in [0.2, 0.25) is 0 Å². The Morgan fingerprint density at radius 1 is 0.750 bits per heavy atom. The van der Waals surface area contributed by atoms with Crippen molar-refractivity contribution in [3.8, 4) is 11.1 Å². The second kappa shape index (κ2) is 8.09. The fourth-order valence-electron chi connectivity index (χ4n) is 3.25. The Kier molecular flexibility index (Phi) is 5.59. The van der Waals surface area contributed by atoms with E-state index in [1.165, 1.54) is 18.1 Å². The maximum atomic E-state index is 12.6. The molecule has 0 spiro atoms. The van der Waals surface area contributed by atoms with Crippen LogP contribution in [0.25, 0.3) is 11.1 Å². The van der Waals surface area contributed by atoms with Gasteiger partial charge in [-0.2, -0.15) is 0 Å². The van der Waals surface area contributed by atoms with Crippen molar-refractivity contribution < 1.29 is 9.59 Å². The van der Waals surface area contributed by atoms with Crippen LogP contribution in [0.3, 0.4) is 0 Å². The zero-order valence-corrected chi connectivity index (χ0v) is 16.6. The van der Waals surface area contributed by atoms with Gasteiger partial charge in [0.1, 0.15) is 0 Å². The van der Waals surface area contributed by atoms with E-state index in [4.69, 9.17) is 0 Å². The van der Waals surface area contributed by atoms with Crippen molar-refractivity contribution in [1.29, 1.82) is 0 Å². The lowest BCUT2D eigenvalue weighted by atomic mass is 9.96. The van der Waals surface area contributed by atoms with Gasteiger partial charge < -0.3 is 10.6 Å². The summed E-state index contributed by atoms with van der Waals surface area (Å²) >= 11 is 0. The number of anilines is 2. The molecule has 0 aliphatic carbocycles. The van der Waals surface area contributed by atoms with Crippen LogP contribution in [0.2, 0.25) is 0 Å². The molecule has 4 nitrogen and oxygen atoms in total. The van der Waals surface area contributed by atoms with Gasteiger partial charge in [-0.05, 0) is 79.4 Å². The predicted molar refractivity (Wildman–Crippen MR) is 115 cm³/mol. The Labute approximate surface area is 165 Å². The minimum absolute atomic E-state index is 0.0606. The summed E-state index contributed by atoms with van der Waals surface area (Å²) in [5.41, 5.74) is 7.37. The summed E-state index contributed by atoms with van der Waals surface area (Å²) in [6.07, 6.45) is 0. The van der Waals surface area contributed by atoms with E-state index < -0.39 is 0 Å². The molecule has 0 atom stereocenters. The number of carbonyl (C=O) groups is 2. The van der Waals surface area contributed by atoms with Crippen LogP contribution in [0.4, 0.5) is 11.4 Å². The lowest BCUT2D eigenvalue weighted by molar-refractivity contribution is 0.101. The van der Waals surface area contributed by atoms with Gasteiger partial charge in [0.05, 0.1) is 0 Å². The number of hydrogen-bond donors (Lipinski definition) is 2. The minimum Gasteiger partial charge on any atom is -0.388 e. The second-order valence-electron chi connectivity index (χ2n) is 6.90. The van der Waals surface area contributed by atoms with Crippen molar-refractivity contribution in [3.05, 3.63) is 82.9 Å². The Morgan fingerprint density at radius 3 is 1.89 bits per heavy atom. The van der Waals surface area contributed by atoms with E-state index in [-0.39, 0.29) is 11.7 Å². The van der Waals surface area contributed by atoms with Crippen LogP contribution < -0.4 is 10.6 Å². The number of nitrogens with one attached hydrogen (secondary N) is 2. The average molecular weight is 372 g/mol. The highest BCUT2D eigenvalue weighted by atomic mass is 16.1. The first-order valence-electron chi connectivity index (χ1n) is 9.21. The van der Waals surface area contributed by atoms with E-state index in [2.05, 4.69) is 35.8 Å². The van der Waals surface area contributed by atoms with Crippen LogP contribution in [0, 0.1) is 13.8 Å². The highest BCUT2D eigenvalue weighted by molar-refractivity contribution is 6.06. The molecule has 3 aromatic rings. The van der Waals surface area contributed by atoms with Crippen molar-refractivity contribution in [2.24, 2.45) is 0 Å². The van der Waals surface area contributed by atoms with Crippen molar-refractivity contribution >= 4 is 23.1 Å². The van der Waals surface area contributed by atoms with Crippen molar-refractivity contribution in [1.82, 2.24) is 0 Å². The van der Waals surface area contributed by atoms with E-state index in [0.29, 0.717) is 11.1 Å².